The lowest BCUT2D eigenvalue weighted by molar-refractivity contribution is -0.196. The van der Waals surface area contributed by atoms with Crippen molar-refractivity contribution in [3.05, 3.63) is 35.3 Å². The molecule has 4 heterocycles. The zero-order valence-corrected chi connectivity index (χ0v) is 31.7. The fraction of sp³-hybridized carbons (Fsp3) is 0.621. The van der Waals surface area contributed by atoms with Gasteiger partial charge in [0.1, 0.15) is 37.4 Å². The number of carbonyl (C=O) groups is 1. The molecule has 55 heavy (non-hydrogen) atoms. The third kappa shape index (κ3) is 11.3. The molecule has 1 saturated heterocycles. The Morgan fingerprint density at radius 3 is 2.73 bits per heavy atom. The van der Waals surface area contributed by atoms with E-state index in [1.165, 1.54) is 18.6 Å². The number of H-pyrrole nitrogens is 1. The molecule has 2 fully saturated rings. The van der Waals surface area contributed by atoms with Crippen molar-refractivity contribution < 1.29 is 64.8 Å². The molecule has 9 atom stereocenters. The number of rotatable bonds is 18. The summed E-state index contributed by atoms with van der Waals surface area (Å²) in [4.78, 5) is 53.5. The second-order valence-electron chi connectivity index (χ2n) is 12.5. The summed E-state index contributed by atoms with van der Waals surface area (Å²) in [5.41, 5.74) is -1.23. The number of nitrogens with one attached hydrogen (secondary N) is 2. The van der Waals surface area contributed by atoms with Crippen LogP contribution in [0.5, 0.6) is 5.88 Å². The average Bonchev–Trinajstić information content (AvgIpc) is 3.81. The normalized spacial score (nSPS) is 25.8. The number of halogens is 3. The van der Waals surface area contributed by atoms with Gasteiger partial charge in [-0.05, 0) is 18.2 Å². The maximum atomic E-state index is 13.5. The maximum Gasteiger partial charge on any atom is 0.411 e. The molecular weight excluding hydrogens is 803 g/mol. The molecule has 4 N–H and O–H groups in total. The van der Waals surface area contributed by atoms with Gasteiger partial charge in [0.05, 0.1) is 44.7 Å². The van der Waals surface area contributed by atoms with Crippen molar-refractivity contribution in [2.45, 2.75) is 76.0 Å². The molecule has 26 heteroatoms. The molecule has 3 aromatic rings. The zero-order chi connectivity index (χ0) is 39.9. The van der Waals surface area contributed by atoms with Gasteiger partial charge in [-0.3, -0.25) is 33.5 Å². The minimum atomic E-state index is -4.83. The van der Waals surface area contributed by atoms with E-state index >= 15 is 0 Å². The van der Waals surface area contributed by atoms with Gasteiger partial charge in [0.15, 0.2) is 17.4 Å². The number of nitrogens with zero attached hydrogens (tertiary/aromatic N) is 6. The van der Waals surface area contributed by atoms with E-state index < -0.39 is 94.4 Å². The van der Waals surface area contributed by atoms with E-state index in [4.69, 9.17) is 44.1 Å². The van der Waals surface area contributed by atoms with Crippen LogP contribution in [0.2, 0.25) is 0 Å². The molecule has 0 radical (unpaired) electrons. The highest BCUT2D eigenvalue weighted by Crippen LogP contribution is 2.55. The molecule has 2 aliphatic rings. The van der Waals surface area contributed by atoms with E-state index in [0.29, 0.717) is 0 Å². The first-order chi connectivity index (χ1) is 26.1. The quantitative estimate of drug-likeness (QED) is 0.106. The van der Waals surface area contributed by atoms with Gasteiger partial charge in [0.25, 0.3) is 5.56 Å². The highest BCUT2D eigenvalue weighted by molar-refractivity contribution is 8.07. The smallest absolute Gasteiger partial charge is 0.411 e. The third-order valence-electron chi connectivity index (χ3n) is 8.22. The van der Waals surface area contributed by atoms with Gasteiger partial charge in [-0.2, -0.15) is 23.4 Å². The lowest BCUT2D eigenvalue weighted by atomic mass is 10.1. The zero-order valence-electron chi connectivity index (χ0n) is 29.0. The Bertz CT molecular complexity index is 1960. The molecule has 0 aromatic carbocycles. The summed E-state index contributed by atoms with van der Waals surface area (Å²) in [5, 5.41) is 21.9. The summed E-state index contributed by atoms with van der Waals surface area (Å²) in [6.45, 7) is -4.30. The van der Waals surface area contributed by atoms with Crippen molar-refractivity contribution >= 4 is 49.8 Å². The Hall–Kier alpha value is -3.46. The average molecular weight is 841 g/mol. The highest BCUT2D eigenvalue weighted by Gasteiger charge is 2.52. The number of aromatic nitrogens is 6. The van der Waals surface area contributed by atoms with Crippen molar-refractivity contribution in [2.24, 2.45) is 11.8 Å². The number of alkyl halides is 3. The summed E-state index contributed by atoms with van der Waals surface area (Å²) >= 11 is 5.73. The second kappa shape index (κ2) is 18.7. The van der Waals surface area contributed by atoms with Gasteiger partial charge in [0.2, 0.25) is 17.7 Å². The van der Waals surface area contributed by atoms with Crippen LogP contribution >= 0.6 is 15.0 Å². The first kappa shape index (κ1) is 42.7. The first-order valence-electron chi connectivity index (χ1n) is 16.6. The van der Waals surface area contributed by atoms with Crippen molar-refractivity contribution in [3.63, 3.8) is 0 Å². The van der Waals surface area contributed by atoms with Crippen LogP contribution in [0.4, 0.5) is 19.1 Å². The minimum Gasteiger partial charge on any atom is -0.474 e. The van der Waals surface area contributed by atoms with Crippen molar-refractivity contribution in [2.75, 3.05) is 31.7 Å². The maximum absolute atomic E-state index is 13.5. The number of hydrogen-bond acceptors (Lipinski definition) is 17. The van der Waals surface area contributed by atoms with E-state index in [-0.39, 0.29) is 55.5 Å². The highest BCUT2D eigenvalue weighted by atomic mass is 32.5. The van der Waals surface area contributed by atoms with E-state index in [1.54, 1.807) is 13.8 Å². The Morgan fingerprint density at radius 1 is 1.29 bits per heavy atom. The van der Waals surface area contributed by atoms with Crippen LogP contribution in [0.25, 0.3) is 11.2 Å². The Morgan fingerprint density at radius 2 is 2.07 bits per heavy atom. The van der Waals surface area contributed by atoms with E-state index in [9.17, 15) is 42.6 Å². The molecule has 5 rings (SSSR count). The molecule has 1 aliphatic heterocycles. The number of aliphatic hydroxyl groups excluding tert-OH is 1. The predicted molar refractivity (Wildman–Crippen MR) is 185 cm³/mol. The number of ether oxygens (including phenoxy) is 3. The predicted octanol–water partition coefficient (Wildman–Crippen LogP) is 2.52. The number of imidazole rings is 1. The van der Waals surface area contributed by atoms with Crippen molar-refractivity contribution in [1.29, 1.82) is 5.26 Å². The van der Waals surface area contributed by atoms with Gasteiger partial charge in [-0.25, -0.2) is 15.0 Å². The van der Waals surface area contributed by atoms with Crippen LogP contribution in [0, 0.1) is 23.2 Å². The largest absolute Gasteiger partial charge is 0.474 e. The Kier molecular flexibility index (Phi) is 14.5. The lowest BCUT2D eigenvalue weighted by Gasteiger charge is -2.31. The van der Waals surface area contributed by atoms with Gasteiger partial charge >= 0.3 is 21.1 Å². The third-order valence-corrected chi connectivity index (χ3v) is 11.1. The molecule has 0 bridgehead atoms. The fourth-order valence-electron chi connectivity index (χ4n) is 5.76. The van der Waals surface area contributed by atoms with Crippen LogP contribution in [0.1, 0.15) is 39.3 Å². The van der Waals surface area contributed by atoms with Gasteiger partial charge in [-0.15, -0.1) is 0 Å². The summed E-state index contributed by atoms with van der Waals surface area (Å²) in [6, 6.07) is 3.39. The molecule has 1 aliphatic carbocycles. The van der Waals surface area contributed by atoms with Crippen molar-refractivity contribution in [3.8, 4) is 11.9 Å². The molecule has 302 valence electrons. The lowest BCUT2D eigenvalue weighted by Crippen LogP contribution is -2.40. The summed E-state index contributed by atoms with van der Waals surface area (Å²) in [7, 11) is -3.45. The van der Waals surface area contributed by atoms with E-state index in [0.717, 1.165) is 10.9 Å². The van der Waals surface area contributed by atoms with Gasteiger partial charge < -0.3 is 37.8 Å². The SMILES string of the molecule is CC(C)C(=O)Nc1nc2c(ncn2[C@@H]2O[C@H](CO)[C@@H](OCC(F)(F)F)[C@@H]2OP(=S)(OCCC#N)OC[C@H]2C[C@@H](Oc3ccncn3)C[C@@H]2O[PH](=O)O)c(=O)[nH]1. The molecule has 1 amide bonds. The van der Waals surface area contributed by atoms with Crippen molar-refractivity contribution in [1.82, 2.24) is 29.5 Å². The molecular formula is C29H37F3N8O12P2S. The first-order valence-corrected chi connectivity index (χ1v) is 20.4. The summed E-state index contributed by atoms with van der Waals surface area (Å²) in [6.07, 6.45) is -8.75. The molecule has 0 spiro atoms. The topological polar surface area (TPSA) is 264 Å². The Balaban J connectivity index is 1.48. The van der Waals surface area contributed by atoms with Crippen LogP contribution in [-0.4, -0.2) is 109 Å². The minimum absolute atomic E-state index is 0.136. The van der Waals surface area contributed by atoms with Crippen LogP contribution in [-0.2, 0) is 48.7 Å². The van der Waals surface area contributed by atoms with Crippen LogP contribution < -0.4 is 15.6 Å². The number of fused-ring (bicyclic) bond motifs is 1. The molecule has 2 unspecified atom stereocenters. The number of amides is 1. The summed E-state index contributed by atoms with van der Waals surface area (Å²) in [5.74, 6) is -1.69. The number of aliphatic hydroxyl groups is 1. The molecule has 3 aromatic heterocycles. The molecule has 1 saturated carbocycles. The van der Waals surface area contributed by atoms with E-state index in [2.05, 4.69) is 30.2 Å². The number of anilines is 1. The number of aromatic amines is 1. The fourth-order valence-corrected chi connectivity index (χ4v) is 8.41. The standard InChI is InChI=1S/C29H37F3N8O12P2S/c1-15(2)25(42)38-28-37-24-21(26(43)39-28)36-14-40(24)27-23(22(19(10-41)50-27)46-12-29(30,31)32)52-54(55,47-7-3-5-33)48-11-16-8-17(9-18(16)51-53(44)45)49-20-4-6-34-13-35-20/h4,6,13-19,22-23,27,41,53H,3,7-12H2,1-2H3,(H,44,45)(H2,37,38,39,42,43)/t16-,17-,18+,19-,22-,23+,27-,54?/m1/s1. The number of hydrogen-bond donors (Lipinski definition) is 4. The van der Waals surface area contributed by atoms with Gasteiger partial charge in [-0.1, -0.05) is 13.8 Å². The summed E-state index contributed by atoms with van der Waals surface area (Å²) < 4.78 is 93.8. The molecule has 20 nitrogen and oxygen atoms in total. The second-order valence-corrected chi connectivity index (χ2v) is 16.2. The van der Waals surface area contributed by atoms with Gasteiger partial charge in [0, 0.05) is 30.5 Å². The van der Waals surface area contributed by atoms with E-state index in [1.807, 2.05) is 6.07 Å². The van der Waals surface area contributed by atoms with Crippen LogP contribution in [0.15, 0.2) is 29.7 Å². The van der Waals surface area contributed by atoms with Crippen LogP contribution in [0.3, 0.4) is 0 Å². The number of nitriles is 1. The monoisotopic (exact) mass is 840 g/mol. The Labute approximate surface area is 315 Å². The number of carbonyl (C=O) groups excluding carboxylic acids is 1.